The Balaban J connectivity index is 2.29. The van der Waals surface area contributed by atoms with E-state index in [4.69, 9.17) is 5.11 Å². The third-order valence-corrected chi connectivity index (χ3v) is 3.05. The first-order valence-electron chi connectivity index (χ1n) is 5.03. The van der Waals surface area contributed by atoms with E-state index < -0.39 is 5.97 Å². The minimum atomic E-state index is -0.674. The summed E-state index contributed by atoms with van der Waals surface area (Å²) in [5, 5.41) is 8.56. The first-order valence-corrected chi connectivity index (χ1v) is 5.03. The average Bonchev–Trinajstić information content (AvgIpc) is 2.47. The summed E-state index contributed by atoms with van der Waals surface area (Å²) in [5.74, 6) is -0.156. The second kappa shape index (κ2) is 4.61. The smallest absolute Gasteiger partial charge is 0.303 e. The molecule has 1 N–H and O–H groups in total. The van der Waals surface area contributed by atoms with Gasteiger partial charge in [0.05, 0.1) is 0 Å². The molecule has 1 rings (SSSR count). The molecule has 1 heterocycles. The van der Waals surface area contributed by atoms with Crippen LogP contribution in [0.3, 0.4) is 0 Å². The van der Waals surface area contributed by atoms with Crippen LogP contribution in [-0.2, 0) is 4.79 Å². The second-order valence-corrected chi connectivity index (χ2v) is 4.10. The lowest BCUT2D eigenvalue weighted by atomic mass is 9.95. The van der Waals surface area contributed by atoms with Crippen LogP contribution in [0, 0.1) is 5.92 Å². The summed E-state index contributed by atoms with van der Waals surface area (Å²) < 4.78 is 0. The third kappa shape index (κ3) is 2.99. The van der Waals surface area contributed by atoms with E-state index >= 15 is 0 Å². The second-order valence-electron chi connectivity index (χ2n) is 4.10. The van der Waals surface area contributed by atoms with Gasteiger partial charge in [-0.1, -0.05) is 6.92 Å². The Morgan fingerprint density at radius 2 is 2.38 bits per heavy atom. The van der Waals surface area contributed by atoms with E-state index in [1.54, 1.807) is 0 Å². The van der Waals surface area contributed by atoms with Crippen LogP contribution in [0.4, 0.5) is 0 Å². The predicted octanol–water partition coefficient (Wildman–Crippen LogP) is 1.58. The van der Waals surface area contributed by atoms with Crippen molar-refractivity contribution in [2.24, 2.45) is 5.92 Å². The summed E-state index contributed by atoms with van der Waals surface area (Å²) in [6.45, 7) is 3.33. The average molecular weight is 185 g/mol. The molecule has 0 aromatic carbocycles. The lowest BCUT2D eigenvalue weighted by Crippen LogP contribution is -2.31. The Labute approximate surface area is 79.7 Å². The minimum absolute atomic E-state index is 0.311. The van der Waals surface area contributed by atoms with Gasteiger partial charge in [0.15, 0.2) is 0 Å². The molecule has 3 nitrogen and oxygen atoms in total. The Morgan fingerprint density at radius 3 is 2.85 bits per heavy atom. The fourth-order valence-electron chi connectivity index (χ4n) is 2.20. The van der Waals surface area contributed by atoms with Crippen molar-refractivity contribution in [2.45, 2.75) is 38.6 Å². The van der Waals surface area contributed by atoms with Crippen molar-refractivity contribution < 1.29 is 9.90 Å². The van der Waals surface area contributed by atoms with Crippen LogP contribution in [0.5, 0.6) is 0 Å². The summed E-state index contributed by atoms with van der Waals surface area (Å²) in [5.41, 5.74) is 0. The van der Waals surface area contributed by atoms with Crippen molar-refractivity contribution in [3.63, 3.8) is 0 Å². The molecule has 3 heteroatoms. The number of carboxylic acid groups (broad SMARTS) is 1. The summed E-state index contributed by atoms with van der Waals surface area (Å²) >= 11 is 0. The van der Waals surface area contributed by atoms with E-state index in [9.17, 15) is 4.79 Å². The molecule has 2 unspecified atom stereocenters. The molecule has 0 amide bonds. The Hall–Kier alpha value is -0.570. The number of likely N-dealkylation sites (tertiary alicyclic amines) is 1. The van der Waals surface area contributed by atoms with Crippen LogP contribution in [0.25, 0.3) is 0 Å². The topological polar surface area (TPSA) is 40.5 Å². The molecule has 1 aliphatic heterocycles. The van der Waals surface area contributed by atoms with Crippen molar-refractivity contribution >= 4 is 5.97 Å². The van der Waals surface area contributed by atoms with Gasteiger partial charge >= 0.3 is 5.97 Å². The molecule has 0 radical (unpaired) electrons. The quantitative estimate of drug-likeness (QED) is 0.723. The van der Waals surface area contributed by atoms with Gasteiger partial charge in [0.2, 0.25) is 0 Å². The molecule has 0 aromatic rings. The number of hydrogen-bond donors (Lipinski definition) is 1. The van der Waals surface area contributed by atoms with Crippen molar-refractivity contribution in [1.29, 1.82) is 0 Å². The molecule has 0 spiro atoms. The fraction of sp³-hybridized carbons (Fsp3) is 0.900. The highest BCUT2D eigenvalue weighted by atomic mass is 16.4. The molecule has 1 aliphatic rings. The van der Waals surface area contributed by atoms with Crippen LogP contribution in [-0.4, -0.2) is 35.6 Å². The van der Waals surface area contributed by atoms with E-state index in [0.29, 0.717) is 18.4 Å². The van der Waals surface area contributed by atoms with Gasteiger partial charge < -0.3 is 10.0 Å². The van der Waals surface area contributed by atoms with Gasteiger partial charge in [0.1, 0.15) is 0 Å². The summed E-state index contributed by atoms with van der Waals surface area (Å²) in [6, 6.07) is 0.611. The highest BCUT2D eigenvalue weighted by Gasteiger charge is 2.26. The van der Waals surface area contributed by atoms with Gasteiger partial charge in [0, 0.05) is 12.5 Å². The SMILES string of the molecule is CC(CCC(=O)O)C1CCCN1C. The van der Waals surface area contributed by atoms with Gasteiger partial charge in [-0.3, -0.25) is 4.79 Å². The molecule has 0 aromatic heterocycles. The van der Waals surface area contributed by atoms with Gasteiger partial charge in [-0.05, 0) is 38.8 Å². The van der Waals surface area contributed by atoms with Crippen molar-refractivity contribution in [3.05, 3.63) is 0 Å². The first-order chi connectivity index (χ1) is 6.11. The van der Waals surface area contributed by atoms with Crippen LogP contribution in [0.1, 0.15) is 32.6 Å². The van der Waals surface area contributed by atoms with Crippen LogP contribution < -0.4 is 0 Å². The maximum Gasteiger partial charge on any atom is 0.303 e. The van der Waals surface area contributed by atoms with E-state index in [-0.39, 0.29) is 0 Å². The third-order valence-electron chi connectivity index (χ3n) is 3.05. The Morgan fingerprint density at radius 1 is 1.69 bits per heavy atom. The number of carbonyl (C=O) groups is 1. The monoisotopic (exact) mass is 185 g/mol. The van der Waals surface area contributed by atoms with Gasteiger partial charge in [-0.15, -0.1) is 0 Å². The van der Waals surface area contributed by atoms with Crippen LogP contribution in [0.15, 0.2) is 0 Å². The molecule has 1 fully saturated rings. The Bertz CT molecular complexity index is 182. The fourth-order valence-corrected chi connectivity index (χ4v) is 2.20. The first kappa shape index (κ1) is 10.5. The van der Waals surface area contributed by atoms with Crippen molar-refractivity contribution in [1.82, 2.24) is 4.90 Å². The standard InChI is InChI=1S/C10H19NO2/c1-8(5-6-10(12)13)9-4-3-7-11(9)2/h8-9H,3-7H2,1-2H3,(H,12,13). The van der Waals surface area contributed by atoms with Gasteiger partial charge in [-0.2, -0.15) is 0 Å². The maximum absolute atomic E-state index is 10.4. The van der Waals surface area contributed by atoms with Crippen molar-refractivity contribution in [2.75, 3.05) is 13.6 Å². The zero-order chi connectivity index (χ0) is 9.84. The largest absolute Gasteiger partial charge is 0.481 e. The van der Waals surface area contributed by atoms with Crippen LogP contribution in [0.2, 0.25) is 0 Å². The number of nitrogens with zero attached hydrogens (tertiary/aromatic N) is 1. The number of aliphatic carboxylic acids is 1. The Kier molecular flexibility index (Phi) is 3.72. The van der Waals surface area contributed by atoms with Gasteiger partial charge in [-0.25, -0.2) is 0 Å². The van der Waals surface area contributed by atoms with Crippen LogP contribution >= 0.6 is 0 Å². The maximum atomic E-state index is 10.4. The molecule has 1 saturated heterocycles. The van der Waals surface area contributed by atoms with Gasteiger partial charge in [0.25, 0.3) is 0 Å². The summed E-state index contributed by atoms with van der Waals surface area (Å²) in [6.07, 6.45) is 3.62. The van der Waals surface area contributed by atoms with E-state index in [1.807, 2.05) is 0 Å². The highest BCUT2D eigenvalue weighted by molar-refractivity contribution is 5.66. The van der Waals surface area contributed by atoms with E-state index in [0.717, 1.165) is 6.42 Å². The zero-order valence-corrected chi connectivity index (χ0v) is 8.49. The molecule has 0 aliphatic carbocycles. The molecular weight excluding hydrogens is 166 g/mol. The lowest BCUT2D eigenvalue weighted by Gasteiger charge is -2.25. The van der Waals surface area contributed by atoms with Crippen molar-refractivity contribution in [3.8, 4) is 0 Å². The molecule has 0 saturated carbocycles. The van der Waals surface area contributed by atoms with E-state index in [2.05, 4.69) is 18.9 Å². The minimum Gasteiger partial charge on any atom is -0.481 e. The molecule has 2 atom stereocenters. The lowest BCUT2D eigenvalue weighted by molar-refractivity contribution is -0.137. The predicted molar refractivity (Wildman–Crippen MR) is 51.7 cm³/mol. The summed E-state index contributed by atoms with van der Waals surface area (Å²) in [4.78, 5) is 12.7. The molecule has 13 heavy (non-hydrogen) atoms. The van der Waals surface area contributed by atoms with E-state index in [1.165, 1.54) is 19.4 Å². The molecular formula is C10H19NO2. The normalized spacial score (nSPS) is 26.2. The molecule has 0 bridgehead atoms. The summed E-state index contributed by atoms with van der Waals surface area (Å²) in [7, 11) is 2.13. The number of hydrogen-bond acceptors (Lipinski definition) is 2. The number of rotatable bonds is 4. The highest BCUT2D eigenvalue weighted by Crippen LogP contribution is 2.24. The molecule has 76 valence electrons. The number of carboxylic acids is 1. The zero-order valence-electron chi connectivity index (χ0n) is 8.49.